The minimum absolute atomic E-state index is 0.00159. The molecule has 2 aromatic carbocycles. The minimum Gasteiger partial charge on any atom is -0.504 e. The predicted octanol–water partition coefficient (Wildman–Crippen LogP) is 4.23. The number of aromatic hydroxyl groups is 1. The average Bonchev–Trinajstić information content (AvgIpc) is 2.94. The van der Waals surface area contributed by atoms with Crippen molar-refractivity contribution < 1.29 is 14.6 Å². The zero-order chi connectivity index (χ0) is 18.9. The van der Waals surface area contributed by atoms with E-state index < -0.39 is 0 Å². The van der Waals surface area contributed by atoms with Gasteiger partial charge in [0.15, 0.2) is 11.5 Å². The number of hydrogen-bond acceptors (Lipinski definition) is 4. The van der Waals surface area contributed by atoms with Gasteiger partial charge in [-0.1, -0.05) is 51.1 Å². The number of carbonyl (C=O) groups excluding carboxylic acids is 1. The zero-order valence-corrected chi connectivity index (χ0v) is 15.4. The van der Waals surface area contributed by atoms with E-state index in [1.807, 2.05) is 51.1 Å². The Hall–Kier alpha value is -3.08. The summed E-state index contributed by atoms with van der Waals surface area (Å²) in [5, 5.41) is 16.4. The first-order valence-electron chi connectivity index (χ1n) is 8.39. The normalized spacial score (nSPS) is 16.2. The molecule has 0 saturated heterocycles. The van der Waals surface area contributed by atoms with Gasteiger partial charge in [0, 0.05) is 11.0 Å². The second-order valence-electron chi connectivity index (χ2n) is 7.11. The topological polar surface area (TPSA) is 62.1 Å². The predicted molar refractivity (Wildman–Crippen MR) is 103 cm³/mol. The maximum absolute atomic E-state index is 13.1. The molecule has 0 fully saturated rings. The van der Waals surface area contributed by atoms with Gasteiger partial charge >= 0.3 is 0 Å². The molecule has 0 saturated carbocycles. The standard InChI is InChI=1S/C21H22N2O3/c1-21(2,3)19-16(13-14-9-8-12-17(26-4)18(14)24)20(25)23(22-19)15-10-6-5-7-11-15/h5-13,24H,1-4H3/b16-13+. The molecular weight excluding hydrogens is 328 g/mol. The number of anilines is 1. The second-order valence-corrected chi connectivity index (χ2v) is 7.11. The SMILES string of the molecule is COc1cccc(/C=C2/C(=O)N(c3ccccc3)N=C2C(C)(C)C)c1O. The number of methoxy groups -OCH3 is 1. The Morgan fingerprint density at radius 2 is 1.77 bits per heavy atom. The lowest BCUT2D eigenvalue weighted by molar-refractivity contribution is -0.114. The van der Waals surface area contributed by atoms with Gasteiger partial charge in [-0.3, -0.25) is 4.79 Å². The van der Waals surface area contributed by atoms with Crippen LogP contribution in [0.1, 0.15) is 26.3 Å². The highest BCUT2D eigenvalue weighted by Gasteiger charge is 2.37. The number of ether oxygens (including phenoxy) is 1. The molecule has 26 heavy (non-hydrogen) atoms. The molecule has 1 amide bonds. The summed E-state index contributed by atoms with van der Waals surface area (Å²) in [7, 11) is 1.49. The van der Waals surface area contributed by atoms with Crippen LogP contribution in [0.25, 0.3) is 6.08 Å². The van der Waals surface area contributed by atoms with Crippen LogP contribution in [0, 0.1) is 5.41 Å². The van der Waals surface area contributed by atoms with Gasteiger partial charge in [-0.15, -0.1) is 0 Å². The van der Waals surface area contributed by atoms with Crippen LogP contribution in [0.2, 0.25) is 0 Å². The molecule has 0 atom stereocenters. The van der Waals surface area contributed by atoms with E-state index in [1.165, 1.54) is 12.1 Å². The Kier molecular flexibility index (Phi) is 4.55. The van der Waals surface area contributed by atoms with Crippen LogP contribution in [-0.2, 0) is 4.79 Å². The van der Waals surface area contributed by atoms with Crippen molar-refractivity contribution in [2.75, 3.05) is 12.1 Å². The summed E-state index contributed by atoms with van der Waals surface area (Å²) in [5.41, 5.74) is 2.02. The van der Waals surface area contributed by atoms with Crippen molar-refractivity contribution in [3.63, 3.8) is 0 Å². The van der Waals surface area contributed by atoms with Crippen molar-refractivity contribution in [2.45, 2.75) is 20.8 Å². The highest BCUT2D eigenvalue weighted by Crippen LogP contribution is 2.35. The number of phenols is 1. The molecule has 0 unspecified atom stereocenters. The summed E-state index contributed by atoms with van der Waals surface area (Å²) >= 11 is 0. The van der Waals surface area contributed by atoms with E-state index in [1.54, 1.807) is 24.3 Å². The third-order valence-corrected chi connectivity index (χ3v) is 4.14. The fourth-order valence-corrected chi connectivity index (χ4v) is 2.82. The fraction of sp³-hybridized carbons (Fsp3) is 0.238. The fourth-order valence-electron chi connectivity index (χ4n) is 2.82. The molecule has 0 aliphatic carbocycles. The quantitative estimate of drug-likeness (QED) is 0.843. The van der Waals surface area contributed by atoms with E-state index in [0.29, 0.717) is 28.3 Å². The summed E-state index contributed by atoms with van der Waals surface area (Å²) in [6, 6.07) is 14.5. The van der Waals surface area contributed by atoms with Crippen molar-refractivity contribution in [3.05, 3.63) is 59.7 Å². The molecule has 2 aromatic rings. The van der Waals surface area contributed by atoms with Crippen molar-refractivity contribution in [2.24, 2.45) is 10.5 Å². The van der Waals surface area contributed by atoms with E-state index in [9.17, 15) is 9.90 Å². The van der Waals surface area contributed by atoms with Crippen molar-refractivity contribution >= 4 is 23.4 Å². The molecule has 0 spiro atoms. The van der Waals surface area contributed by atoms with Crippen LogP contribution in [0.15, 0.2) is 59.2 Å². The Bertz CT molecular complexity index is 893. The molecule has 134 valence electrons. The van der Waals surface area contributed by atoms with Gasteiger partial charge < -0.3 is 9.84 Å². The second kappa shape index (κ2) is 6.67. The van der Waals surface area contributed by atoms with Gasteiger partial charge in [0.05, 0.1) is 24.1 Å². The molecule has 1 heterocycles. The Balaban J connectivity index is 2.11. The number of para-hydroxylation sites is 2. The van der Waals surface area contributed by atoms with Gasteiger partial charge in [-0.25, -0.2) is 0 Å². The summed E-state index contributed by atoms with van der Waals surface area (Å²) < 4.78 is 5.16. The highest BCUT2D eigenvalue weighted by molar-refractivity contribution is 6.34. The van der Waals surface area contributed by atoms with Gasteiger partial charge in [-0.2, -0.15) is 10.1 Å². The molecule has 0 bridgehead atoms. The van der Waals surface area contributed by atoms with Crippen LogP contribution in [-0.4, -0.2) is 23.8 Å². The Morgan fingerprint density at radius 1 is 1.08 bits per heavy atom. The zero-order valence-electron chi connectivity index (χ0n) is 15.4. The first-order valence-corrected chi connectivity index (χ1v) is 8.39. The maximum atomic E-state index is 13.1. The van der Waals surface area contributed by atoms with Crippen molar-refractivity contribution in [1.82, 2.24) is 0 Å². The van der Waals surface area contributed by atoms with Crippen LogP contribution in [0.3, 0.4) is 0 Å². The van der Waals surface area contributed by atoms with Gasteiger partial charge in [0.25, 0.3) is 5.91 Å². The number of phenolic OH excluding ortho intramolecular Hbond substituents is 1. The largest absolute Gasteiger partial charge is 0.504 e. The lowest BCUT2D eigenvalue weighted by Crippen LogP contribution is -2.24. The highest BCUT2D eigenvalue weighted by atomic mass is 16.5. The van der Waals surface area contributed by atoms with Gasteiger partial charge in [-0.05, 0) is 24.3 Å². The van der Waals surface area contributed by atoms with E-state index in [0.717, 1.165) is 0 Å². The number of amides is 1. The first kappa shape index (κ1) is 17.7. The molecule has 1 aliphatic rings. The number of benzene rings is 2. The summed E-state index contributed by atoms with van der Waals surface area (Å²) in [5.74, 6) is 0.143. The maximum Gasteiger partial charge on any atom is 0.280 e. The van der Waals surface area contributed by atoms with Crippen molar-refractivity contribution in [1.29, 1.82) is 0 Å². The summed E-state index contributed by atoms with van der Waals surface area (Å²) in [6.07, 6.45) is 1.67. The van der Waals surface area contributed by atoms with E-state index in [4.69, 9.17) is 4.74 Å². The molecular formula is C21H22N2O3. The Labute approximate surface area is 153 Å². The molecule has 3 rings (SSSR count). The van der Waals surface area contributed by atoms with E-state index in [-0.39, 0.29) is 17.1 Å². The smallest absolute Gasteiger partial charge is 0.280 e. The van der Waals surface area contributed by atoms with Gasteiger partial charge in [0.1, 0.15) is 0 Å². The number of hydrazone groups is 1. The molecule has 1 N–H and O–H groups in total. The molecule has 5 heteroatoms. The monoisotopic (exact) mass is 350 g/mol. The molecule has 0 aromatic heterocycles. The average molecular weight is 350 g/mol. The molecule has 1 aliphatic heterocycles. The van der Waals surface area contributed by atoms with E-state index in [2.05, 4.69) is 5.10 Å². The number of nitrogens with zero attached hydrogens (tertiary/aromatic N) is 2. The van der Waals surface area contributed by atoms with Crippen LogP contribution >= 0.6 is 0 Å². The Morgan fingerprint density at radius 3 is 2.38 bits per heavy atom. The minimum atomic E-state index is -0.334. The third-order valence-electron chi connectivity index (χ3n) is 4.14. The van der Waals surface area contributed by atoms with Crippen LogP contribution in [0.5, 0.6) is 11.5 Å². The lowest BCUT2D eigenvalue weighted by atomic mass is 9.85. The van der Waals surface area contributed by atoms with Crippen LogP contribution < -0.4 is 9.75 Å². The van der Waals surface area contributed by atoms with Crippen molar-refractivity contribution in [3.8, 4) is 11.5 Å². The van der Waals surface area contributed by atoms with Gasteiger partial charge in [0.2, 0.25) is 0 Å². The summed E-state index contributed by atoms with van der Waals surface area (Å²) in [6.45, 7) is 6.02. The molecule has 5 nitrogen and oxygen atoms in total. The molecule has 0 radical (unpaired) electrons. The third kappa shape index (κ3) is 3.20. The van der Waals surface area contributed by atoms with E-state index >= 15 is 0 Å². The first-order chi connectivity index (χ1) is 12.3. The summed E-state index contributed by atoms with van der Waals surface area (Å²) in [4.78, 5) is 13.1. The lowest BCUT2D eigenvalue weighted by Gasteiger charge is -2.18. The van der Waals surface area contributed by atoms with Crippen LogP contribution in [0.4, 0.5) is 5.69 Å². The number of hydrogen-bond donors (Lipinski definition) is 1. The number of carbonyl (C=O) groups is 1. The number of rotatable bonds is 3.